The van der Waals surface area contributed by atoms with Gasteiger partial charge in [-0.15, -0.1) is 0 Å². The largest absolute Gasteiger partial charge is 0.481 e. The van der Waals surface area contributed by atoms with Crippen molar-refractivity contribution in [3.63, 3.8) is 0 Å². The van der Waals surface area contributed by atoms with Gasteiger partial charge in [-0.1, -0.05) is 0 Å². The number of carbonyl (C=O) groups excluding carboxylic acids is 1. The van der Waals surface area contributed by atoms with Crippen LogP contribution in [0, 0.1) is 0 Å². The molecule has 1 heterocycles. The Balaban J connectivity index is 2.66. The van der Waals surface area contributed by atoms with E-state index in [4.69, 9.17) is 10.2 Å². The first kappa shape index (κ1) is 8.62. The average molecular weight is 176 g/mol. The molecule has 0 bridgehead atoms. The Kier molecular flexibility index (Phi) is 1.82. The number of carboxylic acid groups (broad SMARTS) is 2. The lowest BCUT2D eigenvalue weighted by molar-refractivity contribution is -0.153. The number of carboxylic acids is 2. The Morgan fingerprint density at radius 3 is 1.92 bits per heavy atom. The minimum atomic E-state index is -2.09. The predicted octanol–water partition coefficient (Wildman–Crippen LogP) is -1.23. The molecule has 0 aromatic carbocycles. The first-order valence-corrected chi connectivity index (χ1v) is 2.84. The van der Waals surface area contributed by atoms with Gasteiger partial charge in [0, 0.05) is 0 Å². The molecule has 7 nitrogen and oxygen atoms in total. The summed E-state index contributed by atoms with van der Waals surface area (Å²) in [6, 6.07) is 0. The van der Waals surface area contributed by atoms with Crippen LogP contribution in [-0.2, 0) is 24.2 Å². The molecule has 7 heteroatoms. The van der Waals surface area contributed by atoms with E-state index >= 15 is 0 Å². The molecule has 1 aliphatic rings. The minimum absolute atomic E-state index is 0.807. The topological polar surface area (TPSA) is 117 Å². The fourth-order valence-electron chi connectivity index (χ4n) is 0.627. The lowest BCUT2D eigenvalue weighted by Gasteiger charge is -1.96. The third-order valence-corrected chi connectivity index (χ3v) is 1.21. The fraction of sp³-hybridized carbons (Fsp3) is 0.400. The third kappa shape index (κ3) is 1.41. The van der Waals surface area contributed by atoms with E-state index in [0.717, 1.165) is 0 Å². The van der Waals surface area contributed by atoms with Crippen molar-refractivity contribution in [3.05, 3.63) is 0 Å². The zero-order valence-electron chi connectivity index (χ0n) is 5.64. The molecule has 0 radical (unpaired) electrons. The molecule has 0 spiro atoms. The van der Waals surface area contributed by atoms with E-state index in [1.807, 2.05) is 0 Å². The number of carbonyl (C=O) groups is 3. The highest BCUT2D eigenvalue weighted by atomic mass is 17.4. The van der Waals surface area contributed by atoms with Crippen molar-refractivity contribution in [2.24, 2.45) is 0 Å². The van der Waals surface area contributed by atoms with Gasteiger partial charge in [-0.05, 0) is 0 Å². The van der Waals surface area contributed by atoms with Crippen LogP contribution in [0.3, 0.4) is 0 Å². The monoisotopic (exact) mass is 176 g/mol. The van der Waals surface area contributed by atoms with Gasteiger partial charge in [-0.2, -0.15) is 9.78 Å². The fourth-order valence-corrected chi connectivity index (χ4v) is 0.627. The van der Waals surface area contributed by atoms with Gasteiger partial charge in [0.2, 0.25) is 0 Å². The summed E-state index contributed by atoms with van der Waals surface area (Å²) >= 11 is 0. The van der Waals surface area contributed by atoms with Crippen molar-refractivity contribution in [2.75, 3.05) is 0 Å². The highest BCUT2D eigenvalue weighted by Gasteiger charge is 2.60. The minimum Gasteiger partial charge on any atom is -0.481 e. The summed E-state index contributed by atoms with van der Waals surface area (Å²) < 4.78 is 0. The second-order valence-electron chi connectivity index (χ2n) is 2.12. The van der Waals surface area contributed by atoms with Gasteiger partial charge in [0.1, 0.15) is 6.42 Å². The van der Waals surface area contributed by atoms with Gasteiger partial charge in [-0.25, -0.2) is 4.79 Å². The Morgan fingerprint density at radius 1 is 1.17 bits per heavy atom. The molecule has 1 saturated heterocycles. The van der Waals surface area contributed by atoms with Gasteiger partial charge in [0.05, 0.1) is 0 Å². The van der Waals surface area contributed by atoms with E-state index in [1.165, 1.54) is 0 Å². The number of ketones is 1. The molecular weight excluding hydrogens is 172 g/mol. The van der Waals surface area contributed by atoms with Crippen LogP contribution in [0.25, 0.3) is 0 Å². The molecule has 66 valence electrons. The number of aliphatic carboxylic acids is 2. The highest BCUT2D eigenvalue weighted by Crippen LogP contribution is 2.34. The molecule has 12 heavy (non-hydrogen) atoms. The maximum absolute atomic E-state index is 10.6. The predicted molar refractivity (Wildman–Crippen MR) is 29.8 cm³/mol. The zero-order chi connectivity index (χ0) is 9.35. The van der Waals surface area contributed by atoms with Crippen molar-refractivity contribution >= 4 is 17.7 Å². The van der Waals surface area contributed by atoms with Crippen LogP contribution in [0.15, 0.2) is 0 Å². The first-order chi connectivity index (χ1) is 5.48. The molecule has 1 rings (SSSR count). The van der Waals surface area contributed by atoms with E-state index in [-0.39, 0.29) is 0 Å². The first-order valence-electron chi connectivity index (χ1n) is 2.84. The quantitative estimate of drug-likeness (QED) is 0.313. The van der Waals surface area contributed by atoms with E-state index < -0.39 is 29.9 Å². The van der Waals surface area contributed by atoms with Crippen molar-refractivity contribution in [1.82, 2.24) is 0 Å². The summed E-state index contributed by atoms with van der Waals surface area (Å²) in [5.41, 5.74) is 0. The smallest absolute Gasteiger partial charge is 0.378 e. The van der Waals surface area contributed by atoms with E-state index in [9.17, 15) is 14.4 Å². The van der Waals surface area contributed by atoms with Crippen LogP contribution in [0.2, 0.25) is 0 Å². The molecule has 2 N–H and O–H groups in total. The Bertz CT molecular complexity index is 251. The van der Waals surface area contributed by atoms with E-state index in [0.29, 0.717) is 0 Å². The summed E-state index contributed by atoms with van der Waals surface area (Å²) in [6.45, 7) is 0. The van der Waals surface area contributed by atoms with Crippen molar-refractivity contribution < 1.29 is 34.4 Å². The average Bonchev–Trinajstić information content (AvgIpc) is 2.66. The molecule has 1 aliphatic heterocycles. The lowest BCUT2D eigenvalue weighted by Crippen LogP contribution is -2.33. The standard InChI is InChI=1S/C5H4O7/c6-2(7)1-5(11-12-5)3(8)4(9)10/h1H2,(H,6,7)(H,9,10). The van der Waals surface area contributed by atoms with Crippen molar-refractivity contribution in [1.29, 1.82) is 0 Å². The second-order valence-corrected chi connectivity index (χ2v) is 2.12. The summed E-state index contributed by atoms with van der Waals surface area (Å²) in [6.07, 6.45) is -0.807. The highest BCUT2D eigenvalue weighted by molar-refractivity contribution is 6.36. The van der Waals surface area contributed by atoms with Crippen molar-refractivity contribution in [3.8, 4) is 0 Å². The van der Waals surface area contributed by atoms with Crippen LogP contribution in [-0.4, -0.2) is 33.7 Å². The van der Waals surface area contributed by atoms with Gasteiger partial charge in [0.15, 0.2) is 0 Å². The number of hydrogen-bond acceptors (Lipinski definition) is 5. The summed E-state index contributed by atoms with van der Waals surface area (Å²) in [5.74, 6) is -6.65. The van der Waals surface area contributed by atoms with Gasteiger partial charge in [-0.3, -0.25) is 9.59 Å². The normalized spacial score (nSPS) is 18.3. The van der Waals surface area contributed by atoms with E-state index in [2.05, 4.69) is 9.78 Å². The van der Waals surface area contributed by atoms with Crippen LogP contribution in [0.4, 0.5) is 0 Å². The van der Waals surface area contributed by atoms with Crippen LogP contribution >= 0.6 is 0 Å². The maximum Gasteiger partial charge on any atom is 0.378 e. The molecule has 0 aliphatic carbocycles. The molecular formula is C5H4O7. The Labute approximate surface area is 65.4 Å². The SMILES string of the molecule is O=C(O)CC1(C(=O)C(=O)O)OO1. The van der Waals surface area contributed by atoms with Crippen LogP contribution in [0.1, 0.15) is 6.42 Å². The van der Waals surface area contributed by atoms with Gasteiger partial charge < -0.3 is 10.2 Å². The molecule has 1 fully saturated rings. The number of hydrogen-bond donors (Lipinski definition) is 2. The Morgan fingerprint density at radius 2 is 1.67 bits per heavy atom. The summed E-state index contributed by atoms with van der Waals surface area (Å²) in [7, 11) is 0. The molecule has 0 amide bonds. The van der Waals surface area contributed by atoms with Crippen LogP contribution in [0.5, 0.6) is 0 Å². The molecule has 0 saturated carbocycles. The zero-order valence-corrected chi connectivity index (χ0v) is 5.64. The van der Waals surface area contributed by atoms with Crippen LogP contribution < -0.4 is 0 Å². The molecule has 0 aromatic rings. The summed E-state index contributed by atoms with van der Waals surface area (Å²) in [5, 5.41) is 16.4. The maximum atomic E-state index is 10.6. The molecule has 0 atom stereocenters. The number of Topliss-reactive ketones (excluding diaryl/α,β-unsaturated/α-hetero) is 1. The Hall–Kier alpha value is -1.47. The van der Waals surface area contributed by atoms with E-state index in [1.54, 1.807) is 0 Å². The molecule has 0 unspecified atom stereocenters. The van der Waals surface area contributed by atoms with Crippen molar-refractivity contribution in [2.45, 2.75) is 12.2 Å². The van der Waals surface area contributed by atoms with Gasteiger partial charge in [0.25, 0.3) is 0 Å². The second kappa shape index (κ2) is 2.54. The van der Waals surface area contributed by atoms with Gasteiger partial charge >= 0.3 is 23.5 Å². The summed E-state index contributed by atoms with van der Waals surface area (Å²) in [4.78, 5) is 38.8. The number of rotatable bonds is 4. The third-order valence-electron chi connectivity index (χ3n) is 1.21. The molecule has 0 aromatic heterocycles. The lowest BCUT2D eigenvalue weighted by atomic mass is 10.1.